The molecule has 4 atom stereocenters. The molecule has 1 fully saturated rings. The van der Waals surface area contributed by atoms with Crippen LogP contribution in [0.15, 0.2) is 18.2 Å². The first-order chi connectivity index (χ1) is 10.3. The first-order valence-electron chi connectivity index (χ1n) is 8.75. The molecular weight excluding hydrogens is 272 g/mol. The summed E-state index contributed by atoms with van der Waals surface area (Å²) in [5.74, 6) is 0.836. The smallest absolute Gasteiger partial charge is 0.0796 e. The van der Waals surface area contributed by atoms with Crippen LogP contribution in [0.3, 0.4) is 0 Å². The molecule has 22 heavy (non-hydrogen) atoms. The second kappa shape index (κ2) is 5.35. The van der Waals surface area contributed by atoms with E-state index in [9.17, 15) is 10.2 Å². The van der Waals surface area contributed by atoms with Crippen molar-refractivity contribution in [3.63, 3.8) is 0 Å². The van der Waals surface area contributed by atoms with E-state index >= 15 is 0 Å². The van der Waals surface area contributed by atoms with Crippen LogP contribution in [0.1, 0.15) is 82.1 Å². The lowest BCUT2D eigenvalue weighted by atomic mass is 9.49. The summed E-state index contributed by atoms with van der Waals surface area (Å²) in [6.07, 6.45) is 3.77. The summed E-state index contributed by atoms with van der Waals surface area (Å²) in [6, 6.07) is 6.70. The van der Waals surface area contributed by atoms with Gasteiger partial charge >= 0.3 is 0 Å². The van der Waals surface area contributed by atoms with Gasteiger partial charge in [-0.2, -0.15) is 0 Å². The number of fused-ring (bicyclic) bond motifs is 3. The Balaban J connectivity index is 2.11. The van der Waals surface area contributed by atoms with Crippen LogP contribution in [-0.2, 0) is 5.41 Å². The maximum absolute atomic E-state index is 10.8. The van der Waals surface area contributed by atoms with E-state index in [1.807, 2.05) is 0 Å². The van der Waals surface area contributed by atoms with Crippen molar-refractivity contribution in [1.82, 2.24) is 0 Å². The Kier molecular flexibility index (Phi) is 3.89. The zero-order valence-corrected chi connectivity index (χ0v) is 14.4. The van der Waals surface area contributed by atoms with Gasteiger partial charge in [0.2, 0.25) is 0 Å². The van der Waals surface area contributed by atoms with Crippen LogP contribution in [-0.4, -0.2) is 16.8 Å². The normalized spacial score (nSPS) is 37.8. The van der Waals surface area contributed by atoms with E-state index < -0.39 is 6.10 Å². The van der Waals surface area contributed by atoms with Crippen molar-refractivity contribution in [3.8, 4) is 0 Å². The minimum absolute atomic E-state index is 0.0671. The lowest BCUT2D eigenvalue weighted by Gasteiger charge is -2.56. The van der Waals surface area contributed by atoms with E-state index in [2.05, 4.69) is 45.9 Å². The van der Waals surface area contributed by atoms with Crippen LogP contribution < -0.4 is 0 Å². The number of rotatable bonds is 2. The Morgan fingerprint density at radius 1 is 1.23 bits per heavy atom. The van der Waals surface area contributed by atoms with E-state index in [1.54, 1.807) is 0 Å². The van der Waals surface area contributed by atoms with Crippen LogP contribution in [0.25, 0.3) is 0 Å². The predicted molar refractivity (Wildman–Crippen MR) is 90.0 cm³/mol. The Labute approximate surface area is 134 Å². The SMILES string of the molecule is CC(C)c1ccc2c(c1)[C@H](O)C[C@H]1[C@](C)(CO)CCC[C@]21C. The quantitative estimate of drug-likeness (QED) is 0.855. The molecule has 0 spiro atoms. The second-order valence-electron chi connectivity index (χ2n) is 8.39. The van der Waals surface area contributed by atoms with E-state index in [4.69, 9.17) is 0 Å². The average Bonchev–Trinajstić information content (AvgIpc) is 2.49. The number of hydrogen-bond acceptors (Lipinski definition) is 2. The van der Waals surface area contributed by atoms with Crippen molar-refractivity contribution in [1.29, 1.82) is 0 Å². The summed E-state index contributed by atoms with van der Waals surface area (Å²) < 4.78 is 0. The van der Waals surface area contributed by atoms with Crippen molar-refractivity contribution < 1.29 is 10.2 Å². The fourth-order valence-corrected chi connectivity index (χ4v) is 5.12. The lowest BCUT2D eigenvalue weighted by Crippen LogP contribution is -2.51. The Hall–Kier alpha value is -0.860. The fourth-order valence-electron chi connectivity index (χ4n) is 5.12. The third-order valence-corrected chi connectivity index (χ3v) is 6.59. The number of aliphatic hydroxyl groups excluding tert-OH is 2. The summed E-state index contributed by atoms with van der Waals surface area (Å²) in [5.41, 5.74) is 3.77. The van der Waals surface area contributed by atoms with Gasteiger partial charge < -0.3 is 10.2 Å². The molecule has 0 bridgehead atoms. The van der Waals surface area contributed by atoms with Crippen molar-refractivity contribution in [2.24, 2.45) is 11.3 Å². The van der Waals surface area contributed by atoms with Crippen LogP contribution in [0.4, 0.5) is 0 Å². The van der Waals surface area contributed by atoms with Gasteiger partial charge in [0.25, 0.3) is 0 Å². The van der Waals surface area contributed by atoms with Crippen molar-refractivity contribution >= 4 is 0 Å². The molecule has 0 saturated heterocycles. The first kappa shape index (κ1) is 16.0. The minimum atomic E-state index is -0.393. The Bertz CT molecular complexity index is 565. The largest absolute Gasteiger partial charge is 0.396 e. The monoisotopic (exact) mass is 302 g/mol. The molecule has 0 radical (unpaired) electrons. The molecule has 0 aromatic heterocycles. The molecule has 2 nitrogen and oxygen atoms in total. The molecule has 0 amide bonds. The highest BCUT2D eigenvalue weighted by Crippen LogP contribution is 2.59. The molecule has 122 valence electrons. The van der Waals surface area contributed by atoms with E-state index in [0.717, 1.165) is 31.2 Å². The van der Waals surface area contributed by atoms with Crippen LogP contribution in [0, 0.1) is 11.3 Å². The van der Waals surface area contributed by atoms with Crippen LogP contribution >= 0.6 is 0 Å². The van der Waals surface area contributed by atoms with Gasteiger partial charge in [-0.15, -0.1) is 0 Å². The molecule has 0 unspecified atom stereocenters. The zero-order chi connectivity index (χ0) is 16.1. The molecule has 1 aromatic rings. The highest BCUT2D eigenvalue weighted by molar-refractivity contribution is 5.43. The van der Waals surface area contributed by atoms with Crippen molar-refractivity contribution in [2.75, 3.05) is 6.61 Å². The molecule has 2 aliphatic carbocycles. The van der Waals surface area contributed by atoms with Gasteiger partial charge in [0.15, 0.2) is 0 Å². The van der Waals surface area contributed by atoms with Gasteiger partial charge in [-0.1, -0.05) is 52.3 Å². The van der Waals surface area contributed by atoms with Crippen molar-refractivity contribution in [2.45, 2.75) is 70.8 Å². The zero-order valence-electron chi connectivity index (χ0n) is 14.4. The number of benzene rings is 1. The highest BCUT2D eigenvalue weighted by atomic mass is 16.3. The minimum Gasteiger partial charge on any atom is -0.396 e. The predicted octanol–water partition coefficient (Wildman–Crippen LogP) is 4.30. The van der Waals surface area contributed by atoms with Gasteiger partial charge in [-0.3, -0.25) is 0 Å². The molecule has 2 aliphatic rings. The molecular formula is C20H30O2. The maximum Gasteiger partial charge on any atom is 0.0796 e. The Morgan fingerprint density at radius 3 is 2.59 bits per heavy atom. The molecule has 3 rings (SSSR count). The molecule has 2 heteroatoms. The molecule has 0 heterocycles. The van der Waals surface area contributed by atoms with Crippen molar-refractivity contribution in [3.05, 3.63) is 34.9 Å². The van der Waals surface area contributed by atoms with Gasteiger partial charge in [-0.05, 0) is 58.6 Å². The standard InChI is InChI=1S/C20H30O2/c1-13(2)14-6-7-16-15(10-14)17(22)11-18-19(3,12-21)8-5-9-20(16,18)4/h6-7,10,13,17-18,21-22H,5,8-9,11-12H2,1-4H3/t17-,18+,19+,20-/m1/s1. The number of hydrogen-bond donors (Lipinski definition) is 2. The van der Waals surface area contributed by atoms with E-state index in [0.29, 0.717) is 11.8 Å². The second-order valence-corrected chi connectivity index (χ2v) is 8.39. The highest BCUT2D eigenvalue weighted by Gasteiger charge is 2.53. The molecule has 0 aliphatic heterocycles. The first-order valence-corrected chi connectivity index (χ1v) is 8.75. The van der Waals surface area contributed by atoms with Gasteiger partial charge in [-0.25, -0.2) is 0 Å². The van der Waals surface area contributed by atoms with Gasteiger partial charge in [0.1, 0.15) is 0 Å². The van der Waals surface area contributed by atoms with Crippen LogP contribution in [0.2, 0.25) is 0 Å². The summed E-state index contributed by atoms with van der Waals surface area (Å²) >= 11 is 0. The van der Waals surface area contributed by atoms with E-state index in [1.165, 1.54) is 11.1 Å². The fraction of sp³-hybridized carbons (Fsp3) is 0.700. The summed E-state index contributed by atoms with van der Waals surface area (Å²) in [4.78, 5) is 0. The van der Waals surface area contributed by atoms with Gasteiger partial charge in [0, 0.05) is 6.61 Å². The summed E-state index contributed by atoms with van der Waals surface area (Å²) in [7, 11) is 0. The summed E-state index contributed by atoms with van der Waals surface area (Å²) in [6.45, 7) is 9.18. The molecule has 1 aromatic carbocycles. The van der Waals surface area contributed by atoms with Crippen LogP contribution in [0.5, 0.6) is 0 Å². The summed E-state index contributed by atoms with van der Waals surface area (Å²) in [5, 5.41) is 20.7. The molecule has 2 N–H and O–H groups in total. The Morgan fingerprint density at radius 2 is 1.95 bits per heavy atom. The topological polar surface area (TPSA) is 40.5 Å². The third kappa shape index (κ3) is 2.23. The molecule has 1 saturated carbocycles. The lowest BCUT2D eigenvalue weighted by molar-refractivity contribution is -0.0462. The maximum atomic E-state index is 10.8. The van der Waals surface area contributed by atoms with E-state index in [-0.39, 0.29) is 17.4 Å². The third-order valence-electron chi connectivity index (χ3n) is 6.59. The number of aliphatic hydroxyl groups is 2. The average molecular weight is 302 g/mol. The van der Waals surface area contributed by atoms with Gasteiger partial charge in [0.05, 0.1) is 6.10 Å².